The van der Waals surface area contributed by atoms with E-state index in [1.807, 2.05) is 19.1 Å². The summed E-state index contributed by atoms with van der Waals surface area (Å²) in [6.45, 7) is 2.77. The van der Waals surface area contributed by atoms with Crippen LogP contribution in [0.25, 0.3) is 10.8 Å². The molecular formula is C18H20N2O5S. The van der Waals surface area contributed by atoms with Gasteiger partial charge >= 0.3 is 5.97 Å². The number of carboxylic acid groups (broad SMARTS) is 1. The summed E-state index contributed by atoms with van der Waals surface area (Å²) in [4.78, 5) is 24.1. The fourth-order valence-corrected chi connectivity index (χ4v) is 5.00. The minimum absolute atomic E-state index is 0.160. The van der Waals surface area contributed by atoms with Crippen LogP contribution in [-0.4, -0.2) is 37.5 Å². The van der Waals surface area contributed by atoms with Gasteiger partial charge in [0.1, 0.15) is 12.1 Å². The molecule has 26 heavy (non-hydrogen) atoms. The lowest BCUT2D eigenvalue weighted by molar-refractivity contribution is -0.147. The van der Waals surface area contributed by atoms with Crippen LogP contribution in [0.4, 0.5) is 5.69 Å². The third-order valence-electron chi connectivity index (χ3n) is 4.61. The minimum atomic E-state index is -3.86. The molecule has 1 aliphatic heterocycles. The Bertz CT molecular complexity index is 997. The summed E-state index contributed by atoms with van der Waals surface area (Å²) in [5.74, 6) is -1.81. The van der Waals surface area contributed by atoms with E-state index in [0.717, 1.165) is 9.69 Å². The van der Waals surface area contributed by atoms with Crippen molar-refractivity contribution in [3.8, 4) is 0 Å². The van der Waals surface area contributed by atoms with Crippen LogP contribution >= 0.6 is 0 Å². The van der Waals surface area contributed by atoms with Gasteiger partial charge in [0.25, 0.3) is 10.0 Å². The third kappa shape index (κ3) is 2.80. The summed E-state index contributed by atoms with van der Waals surface area (Å²) in [6, 6.07) is 10.2. The lowest BCUT2D eigenvalue weighted by Crippen LogP contribution is -2.54. The zero-order valence-electron chi connectivity index (χ0n) is 14.5. The minimum Gasteiger partial charge on any atom is -0.480 e. The molecule has 0 aromatic heterocycles. The number of hydrogen-bond acceptors (Lipinski definition) is 4. The van der Waals surface area contributed by atoms with Crippen LogP contribution < -0.4 is 9.62 Å². The monoisotopic (exact) mass is 376 g/mol. The van der Waals surface area contributed by atoms with Crippen molar-refractivity contribution in [2.45, 2.75) is 37.1 Å². The molecule has 2 aromatic rings. The number of amides is 1. The second-order valence-corrected chi connectivity index (χ2v) is 8.41. The van der Waals surface area contributed by atoms with Crippen molar-refractivity contribution in [1.82, 2.24) is 5.32 Å². The SMILES string of the molecule is CCCC(C)(NC(=O)CN1c2cccc3cccc(c23)S1(=O)=O)C(=O)O. The first-order valence-electron chi connectivity index (χ1n) is 8.29. The number of nitrogens with one attached hydrogen (secondary N) is 1. The molecule has 0 spiro atoms. The van der Waals surface area contributed by atoms with Crippen molar-refractivity contribution in [3.63, 3.8) is 0 Å². The van der Waals surface area contributed by atoms with Gasteiger partial charge in [0.05, 0.1) is 10.6 Å². The first-order valence-corrected chi connectivity index (χ1v) is 9.73. The maximum atomic E-state index is 12.9. The second kappa shape index (κ2) is 6.28. The van der Waals surface area contributed by atoms with Crippen LogP contribution in [0.3, 0.4) is 0 Å². The quantitative estimate of drug-likeness (QED) is 0.804. The molecule has 1 atom stereocenters. The summed E-state index contributed by atoms with van der Waals surface area (Å²) in [7, 11) is -3.86. The molecule has 3 rings (SSSR count). The van der Waals surface area contributed by atoms with E-state index >= 15 is 0 Å². The van der Waals surface area contributed by atoms with Crippen molar-refractivity contribution in [3.05, 3.63) is 36.4 Å². The van der Waals surface area contributed by atoms with Gasteiger partial charge in [0, 0.05) is 5.39 Å². The molecule has 0 saturated heterocycles. The van der Waals surface area contributed by atoms with Crippen LogP contribution in [0.5, 0.6) is 0 Å². The van der Waals surface area contributed by atoms with E-state index in [1.54, 1.807) is 18.2 Å². The number of carbonyl (C=O) groups is 2. The molecular weight excluding hydrogens is 356 g/mol. The van der Waals surface area contributed by atoms with Gasteiger partial charge in [-0.15, -0.1) is 0 Å². The molecule has 0 saturated carbocycles. The molecule has 0 radical (unpaired) electrons. The number of carboxylic acids is 1. The van der Waals surface area contributed by atoms with Crippen LogP contribution in [0.15, 0.2) is 41.3 Å². The van der Waals surface area contributed by atoms with Gasteiger partial charge in [0.15, 0.2) is 0 Å². The summed E-state index contributed by atoms with van der Waals surface area (Å²) in [6.07, 6.45) is 0.812. The molecule has 1 unspecified atom stereocenters. The first-order chi connectivity index (χ1) is 12.2. The van der Waals surface area contributed by atoms with Crippen LogP contribution in [0.1, 0.15) is 26.7 Å². The zero-order valence-corrected chi connectivity index (χ0v) is 15.3. The van der Waals surface area contributed by atoms with E-state index in [4.69, 9.17) is 0 Å². The second-order valence-electron chi connectivity index (χ2n) is 6.58. The molecule has 0 aliphatic carbocycles. The van der Waals surface area contributed by atoms with E-state index in [2.05, 4.69) is 5.32 Å². The van der Waals surface area contributed by atoms with E-state index in [9.17, 15) is 23.1 Å². The summed E-state index contributed by atoms with van der Waals surface area (Å²) >= 11 is 0. The average Bonchev–Trinajstić information content (AvgIpc) is 2.78. The lowest BCUT2D eigenvalue weighted by Gasteiger charge is -2.27. The predicted molar refractivity (Wildman–Crippen MR) is 97.6 cm³/mol. The van der Waals surface area contributed by atoms with Gasteiger partial charge in [-0.25, -0.2) is 13.2 Å². The van der Waals surface area contributed by atoms with Crippen LogP contribution in [-0.2, 0) is 19.6 Å². The molecule has 1 heterocycles. The molecule has 2 aromatic carbocycles. The van der Waals surface area contributed by atoms with Crippen molar-refractivity contribution >= 4 is 38.4 Å². The first kappa shape index (κ1) is 18.2. The fourth-order valence-electron chi connectivity index (χ4n) is 3.33. The van der Waals surface area contributed by atoms with Gasteiger partial charge < -0.3 is 10.4 Å². The van der Waals surface area contributed by atoms with Gasteiger partial charge in [-0.2, -0.15) is 0 Å². The molecule has 1 aliphatic rings. The highest BCUT2D eigenvalue weighted by Crippen LogP contribution is 2.41. The number of nitrogens with zero attached hydrogens (tertiary/aromatic N) is 1. The third-order valence-corrected chi connectivity index (χ3v) is 6.41. The number of sulfonamides is 1. The Hall–Kier alpha value is -2.61. The number of anilines is 1. The summed E-state index contributed by atoms with van der Waals surface area (Å²) < 4.78 is 26.7. The van der Waals surface area contributed by atoms with E-state index in [-0.39, 0.29) is 11.3 Å². The van der Waals surface area contributed by atoms with Crippen molar-refractivity contribution in [2.24, 2.45) is 0 Å². The van der Waals surface area contributed by atoms with Crippen LogP contribution in [0, 0.1) is 0 Å². The Kier molecular flexibility index (Phi) is 4.39. The van der Waals surface area contributed by atoms with E-state index in [1.165, 1.54) is 13.0 Å². The smallest absolute Gasteiger partial charge is 0.329 e. The highest BCUT2D eigenvalue weighted by molar-refractivity contribution is 7.93. The maximum Gasteiger partial charge on any atom is 0.329 e. The van der Waals surface area contributed by atoms with Gasteiger partial charge in [0.2, 0.25) is 5.91 Å². The maximum absolute atomic E-state index is 12.9. The highest BCUT2D eigenvalue weighted by atomic mass is 32.2. The van der Waals surface area contributed by atoms with Crippen LogP contribution in [0.2, 0.25) is 0 Å². The van der Waals surface area contributed by atoms with E-state index in [0.29, 0.717) is 17.5 Å². The zero-order chi connectivity index (χ0) is 19.1. The number of aliphatic carboxylic acids is 1. The number of carbonyl (C=O) groups excluding carboxylic acids is 1. The Morgan fingerprint density at radius 1 is 1.19 bits per heavy atom. The Balaban J connectivity index is 1.93. The number of benzene rings is 2. The van der Waals surface area contributed by atoms with Gasteiger partial charge in [-0.3, -0.25) is 9.10 Å². The van der Waals surface area contributed by atoms with E-state index < -0.39 is 34.0 Å². The molecule has 0 bridgehead atoms. The predicted octanol–water partition coefficient (Wildman–Crippen LogP) is 2.11. The molecule has 7 nitrogen and oxygen atoms in total. The fraction of sp³-hybridized carbons (Fsp3) is 0.333. The molecule has 8 heteroatoms. The summed E-state index contributed by atoms with van der Waals surface area (Å²) in [5, 5.41) is 13.2. The normalized spacial score (nSPS) is 17.1. The number of hydrogen-bond donors (Lipinski definition) is 2. The lowest BCUT2D eigenvalue weighted by atomic mass is 9.96. The Morgan fingerprint density at radius 2 is 1.85 bits per heavy atom. The highest BCUT2D eigenvalue weighted by Gasteiger charge is 2.39. The number of rotatable bonds is 6. The topological polar surface area (TPSA) is 104 Å². The average molecular weight is 376 g/mol. The van der Waals surface area contributed by atoms with Gasteiger partial charge in [-0.1, -0.05) is 37.6 Å². The van der Waals surface area contributed by atoms with Crippen molar-refractivity contribution in [2.75, 3.05) is 10.8 Å². The van der Waals surface area contributed by atoms with Crippen molar-refractivity contribution in [1.29, 1.82) is 0 Å². The van der Waals surface area contributed by atoms with Crippen molar-refractivity contribution < 1.29 is 23.1 Å². The Labute approximate surface area is 151 Å². The Morgan fingerprint density at radius 3 is 2.46 bits per heavy atom. The largest absolute Gasteiger partial charge is 0.480 e. The molecule has 2 N–H and O–H groups in total. The van der Waals surface area contributed by atoms with Gasteiger partial charge in [-0.05, 0) is 30.9 Å². The molecule has 1 amide bonds. The molecule has 0 fully saturated rings. The molecule has 138 valence electrons. The summed E-state index contributed by atoms with van der Waals surface area (Å²) in [5.41, 5.74) is -1.01. The standard InChI is InChI=1S/C18H20N2O5S/c1-3-10-18(2,17(22)23)19-15(21)11-20-13-8-4-6-12-7-5-9-14(16(12)13)26(20,24)25/h4-9H,3,10-11H2,1-2H3,(H,19,21)(H,22,23).